The van der Waals surface area contributed by atoms with Crippen molar-refractivity contribution >= 4 is 39.8 Å². The maximum atomic E-state index is 13.7. The van der Waals surface area contributed by atoms with Gasteiger partial charge in [-0.2, -0.15) is 5.10 Å². The van der Waals surface area contributed by atoms with Crippen LogP contribution in [-0.4, -0.2) is 53.4 Å². The minimum atomic E-state index is -2.82. The molecule has 1 saturated heterocycles. The zero-order chi connectivity index (χ0) is 35.9. The highest BCUT2D eigenvalue weighted by Crippen LogP contribution is 2.41. The van der Waals surface area contributed by atoms with Crippen LogP contribution in [-0.2, 0) is 24.7 Å². The summed E-state index contributed by atoms with van der Waals surface area (Å²) in [6.45, 7) is 2.79. The quantitative estimate of drug-likeness (QED) is 0.174. The molecule has 0 saturated carbocycles. The first-order valence-electron chi connectivity index (χ1n) is 16.3. The fourth-order valence-corrected chi connectivity index (χ4v) is 6.35. The maximum Gasteiger partial charge on any atom is 0.280 e. The number of aromatic nitrogens is 4. The molecule has 2 aromatic carbocycles. The van der Waals surface area contributed by atoms with Crippen LogP contribution in [0, 0.1) is 6.92 Å². The molecule has 0 atom stereocenters. The summed E-state index contributed by atoms with van der Waals surface area (Å²) in [5.41, 5.74) is 6.02. The number of nitrogens with zero attached hydrogens (tertiary/aromatic N) is 4. The van der Waals surface area contributed by atoms with Gasteiger partial charge < -0.3 is 20.7 Å². The molecule has 5 aromatic rings. The minimum absolute atomic E-state index is 0.0373. The molecule has 3 aromatic heterocycles. The fourth-order valence-electron chi connectivity index (χ4n) is 6.02. The predicted molar refractivity (Wildman–Crippen MR) is 194 cm³/mol. The third-order valence-corrected chi connectivity index (χ3v) is 8.88. The van der Waals surface area contributed by atoms with Crippen molar-refractivity contribution in [3.8, 4) is 28.3 Å². The molecular weight excluding hydrogens is 664 g/mol. The Morgan fingerprint density at radius 2 is 1.70 bits per heavy atom. The lowest BCUT2D eigenvalue weighted by atomic mass is 9.96. The number of alkyl halides is 2. The van der Waals surface area contributed by atoms with Crippen molar-refractivity contribution in [2.75, 3.05) is 33.1 Å². The maximum absolute atomic E-state index is 13.7. The molecular formula is C37H40ClF2N7O3. The van der Waals surface area contributed by atoms with Crippen molar-refractivity contribution < 1.29 is 18.3 Å². The van der Waals surface area contributed by atoms with E-state index in [1.54, 1.807) is 13.2 Å². The number of methoxy groups -OCH3 is 1. The number of carbonyl (C=O) groups is 1. The summed E-state index contributed by atoms with van der Waals surface area (Å²) < 4.78 is 34.1. The summed E-state index contributed by atoms with van der Waals surface area (Å²) in [7, 11) is 6.88. The van der Waals surface area contributed by atoms with E-state index >= 15 is 0 Å². The Bertz CT molecular complexity index is 2080. The minimum Gasteiger partial charge on any atom is -0.481 e. The average molecular weight is 704 g/mol. The van der Waals surface area contributed by atoms with Gasteiger partial charge >= 0.3 is 0 Å². The second kappa shape index (κ2) is 16.2. The van der Waals surface area contributed by atoms with Crippen LogP contribution in [0.15, 0.2) is 59.5 Å². The van der Waals surface area contributed by atoms with Gasteiger partial charge in [0.1, 0.15) is 11.5 Å². The molecule has 1 aliphatic carbocycles. The fraction of sp³-hybridized carbons (Fsp3) is 0.324. The SMILES string of the molecule is CNC.COc1nc(-c2cccc(-c3cccc(Nc4nc(C(F)F)cc5cnn(C)c(=O)c45)c3C)c2Cl)cc2c1CCC2.O=C1CCCN1. The number of nitrogens with one attached hydrogen (secondary N) is 3. The number of hydrogen-bond donors (Lipinski definition) is 3. The van der Waals surface area contributed by atoms with Gasteiger partial charge in [0.2, 0.25) is 11.8 Å². The Balaban J connectivity index is 0.000000476. The van der Waals surface area contributed by atoms with Gasteiger partial charge in [0.05, 0.1) is 29.4 Å². The van der Waals surface area contributed by atoms with E-state index in [-0.39, 0.29) is 22.5 Å². The lowest BCUT2D eigenvalue weighted by molar-refractivity contribution is -0.119. The standard InChI is InChI=1S/C31H26ClF2N5O2.C4H7NO.C2H7N/c1-16-19(21-10-5-11-22(27(21)32)24-13-17-7-4-9-20(17)30(38-24)41-3)8-6-12-23(16)36-29-26-18(14-25(37-29)28(33)34)15-35-39(2)31(26)40;6-4-2-1-3-5-4;1-3-2/h5-6,8,10-15,28H,4,7,9H2,1-3H3,(H,36,37);1-3H2,(H,5,6);3H,1-2H3. The van der Waals surface area contributed by atoms with Gasteiger partial charge in [-0.3, -0.25) is 9.59 Å². The third kappa shape index (κ3) is 7.76. The molecule has 0 unspecified atom stereocenters. The van der Waals surface area contributed by atoms with E-state index < -0.39 is 17.7 Å². The summed E-state index contributed by atoms with van der Waals surface area (Å²) >= 11 is 7.03. The van der Waals surface area contributed by atoms with Crippen molar-refractivity contribution in [2.45, 2.75) is 45.5 Å². The van der Waals surface area contributed by atoms with Crippen LogP contribution in [0.5, 0.6) is 5.88 Å². The monoisotopic (exact) mass is 703 g/mol. The molecule has 0 radical (unpaired) electrons. The molecule has 0 bridgehead atoms. The molecule has 10 nitrogen and oxygen atoms in total. The first-order valence-corrected chi connectivity index (χ1v) is 16.7. The normalized spacial score (nSPS) is 13.3. The largest absolute Gasteiger partial charge is 0.481 e. The molecule has 1 amide bonds. The van der Waals surface area contributed by atoms with Crippen LogP contribution < -0.4 is 26.2 Å². The Labute approximate surface area is 294 Å². The molecule has 0 spiro atoms. The smallest absolute Gasteiger partial charge is 0.280 e. The third-order valence-electron chi connectivity index (χ3n) is 8.47. The van der Waals surface area contributed by atoms with E-state index in [1.165, 1.54) is 24.9 Å². The van der Waals surface area contributed by atoms with E-state index in [2.05, 4.69) is 32.1 Å². The van der Waals surface area contributed by atoms with Gasteiger partial charge in [-0.1, -0.05) is 41.9 Å². The Morgan fingerprint density at radius 3 is 2.36 bits per heavy atom. The number of anilines is 2. The summed E-state index contributed by atoms with van der Waals surface area (Å²) in [5, 5.41) is 13.5. The van der Waals surface area contributed by atoms with E-state index in [1.807, 2.05) is 51.4 Å². The second-order valence-corrected chi connectivity index (χ2v) is 12.3. The van der Waals surface area contributed by atoms with Crippen LogP contribution in [0.1, 0.15) is 48.1 Å². The first kappa shape index (κ1) is 36.3. The second-order valence-electron chi connectivity index (χ2n) is 12.0. The highest BCUT2D eigenvalue weighted by molar-refractivity contribution is 6.36. The van der Waals surface area contributed by atoms with E-state index in [4.69, 9.17) is 21.3 Å². The van der Waals surface area contributed by atoms with Gasteiger partial charge in [0, 0.05) is 47.8 Å². The summed E-state index contributed by atoms with van der Waals surface area (Å²) in [4.78, 5) is 31.9. The number of hydrogen-bond acceptors (Lipinski definition) is 8. The highest BCUT2D eigenvalue weighted by atomic mass is 35.5. The van der Waals surface area contributed by atoms with Gasteiger partial charge in [-0.15, -0.1) is 0 Å². The number of halogens is 3. The van der Waals surface area contributed by atoms with Gasteiger partial charge in [-0.05, 0) is 81.6 Å². The molecule has 1 fully saturated rings. The van der Waals surface area contributed by atoms with Crippen LogP contribution in [0.3, 0.4) is 0 Å². The first-order chi connectivity index (χ1) is 24.1. The number of fused-ring (bicyclic) bond motifs is 2. The van der Waals surface area contributed by atoms with E-state index in [0.29, 0.717) is 16.6 Å². The summed E-state index contributed by atoms with van der Waals surface area (Å²) in [6, 6.07) is 14.6. The number of rotatable bonds is 6. The lowest BCUT2D eigenvalue weighted by Crippen LogP contribution is -2.20. The molecule has 4 heterocycles. The number of benzene rings is 2. The number of carbonyl (C=O) groups excluding carboxylic acids is 1. The van der Waals surface area contributed by atoms with Gasteiger partial charge in [-0.25, -0.2) is 23.4 Å². The number of pyridine rings is 2. The Hall–Kier alpha value is -4.94. The van der Waals surface area contributed by atoms with Crippen molar-refractivity contribution in [1.29, 1.82) is 0 Å². The Morgan fingerprint density at radius 1 is 0.980 bits per heavy atom. The molecule has 7 rings (SSSR count). The van der Waals surface area contributed by atoms with Crippen LogP contribution in [0.25, 0.3) is 33.2 Å². The summed E-state index contributed by atoms with van der Waals surface area (Å²) in [5.74, 6) is 0.872. The molecule has 2 aliphatic rings. The topological polar surface area (TPSA) is 123 Å². The van der Waals surface area contributed by atoms with Crippen molar-refractivity contribution in [3.63, 3.8) is 0 Å². The Kier molecular flexibility index (Phi) is 11.8. The molecule has 13 heteroatoms. The van der Waals surface area contributed by atoms with Crippen molar-refractivity contribution in [1.82, 2.24) is 30.4 Å². The molecule has 262 valence electrons. The molecule has 50 heavy (non-hydrogen) atoms. The zero-order valence-electron chi connectivity index (χ0n) is 28.7. The van der Waals surface area contributed by atoms with Crippen LogP contribution in [0.4, 0.5) is 20.3 Å². The molecule has 1 aliphatic heterocycles. The summed E-state index contributed by atoms with van der Waals surface area (Å²) in [6.07, 6.45) is 3.32. The zero-order valence-corrected chi connectivity index (χ0v) is 29.4. The van der Waals surface area contributed by atoms with Crippen LogP contribution in [0.2, 0.25) is 5.02 Å². The highest BCUT2D eigenvalue weighted by Gasteiger charge is 2.22. The van der Waals surface area contributed by atoms with Crippen LogP contribution >= 0.6 is 11.6 Å². The van der Waals surface area contributed by atoms with Gasteiger partial charge in [0.25, 0.3) is 12.0 Å². The number of amides is 1. The van der Waals surface area contributed by atoms with E-state index in [9.17, 15) is 18.4 Å². The predicted octanol–water partition coefficient (Wildman–Crippen LogP) is 6.93. The average Bonchev–Trinajstić information content (AvgIpc) is 3.79. The van der Waals surface area contributed by atoms with Gasteiger partial charge in [0.15, 0.2) is 0 Å². The number of aryl methyl sites for hydroxylation is 2. The lowest BCUT2D eigenvalue weighted by Gasteiger charge is -2.17. The number of ether oxygens (including phenoxy) is 1. The van der Waals surface area contributed by atoms with E-state index in [0.717, 1.165) is 76.8 Å². The van der Waals surface area contributed by atoms with Crippen molar-refractivity contribution in [2.24, 2.45) is 7.05 Å². The molecule has 3 N–H and O–H groups in total. The van der Waals surface area contributed by atoms with Crippen molar-refractivity contribution in [3.05, 3.63) is 92.5 Å².